The van der Waals surface area contributed by atoms with Gasteiger partial charge in [0.05, 0.1) is 25.2 Å². The Hall–Kier alpha value is -4.96. The van der Waals surface area contributed by atoms with Gasteiger partial charge in [-0.05, 0) is 47.0 Å². The first kappa shape index (κ1) is 24.7. The van der Waals surface area contributed by atoms with Crippen molar-refractivity contribution in [1.29, 1.82) is 5.26 Å². The van der Waals surface area contributed by atoms with Crippen LogP contribution in [0.4, 0.5) is 0 Å². The second-order valence-corrected chi connectivity index (χ2v) is 8.80. The minimum atomic E-state index is -0.499. The SMILES string of the molecule is CCCOc1ccc(C2C(C#N)=C(N)Oc3cc(OC(=O)c4cccc5ccccc45)ccc32)cc1OC. The molecule has 5 rings (SSSR count). The molecule has 7 nitrogen and oxygen atoms in total. The van der Waals surface area contributed by atoms with Crippen molar-refractivity contribution in [2.45, 2.75) is 19.3 Å². The number of esters is 1. The summed E-state index contributed by atoms with van der Waals surface area (Å²) in [5, 5.41) is 11.7. The van der Waals surface area contributed by atoms with Gasteiger partial charge in [0.2, 0.25) is 5.88 Å². The molecule has 4 aromatic rings. The molecule has 1 atom stereocenters. The molecule has 4 aromatic carbocycles. The zero-order valence-corrected chi connectivity index (χ0v) is 21.1. The van der Waals surface area contributed by atoms with E-state index in [4.69, 9.17) is 24.7 Å². The summed E-state index contributed by atoms with van der Waals surface area (Å²) in [5.74, 6) is 0.891. The van der Waals surface area contributed by atoms with Gasteiger partial charge < -0.3 is 24.7 Å². The van der Waals surface area contributed by atoms with Crippen LogP contribution >= 0.6 is 0 Å². The Kier molecular flexibility index (Phi) is 6.88. The van der Waals surface area contributed by atoms with Crippen LogP contribution in [0.3, 0.4) is 0 Å². The van der Waals surface area contributed by atoms with Gasteiger partial charge in [0.1, 0.15) is 23.1 Å². The van der Waals surface area contributed by atoms with E-state index in [1.54, 1.807) is 31.4 Å². The van der Waals surface area contributed by atoms with Crippen molar-refractivity contribution in [3.8, 4) is 29.1 Å². The van der Waals surface area contributed by atoms with Gasteiger partial charge in [0.15, 0.2) is 11.5 Å². The molecule has 1 aliphatic heterocycles. The topological polar surface area (TPSA) is 104 Å². The zero-order valence-electron chi connectivity index (χ0n) is 21.1. The predicted molar refractivity (Wildman–Crippen MR) is 143 cm³/mol. The Morgan fingerprint density at radius 3 is 2.63 bits per heavy atom. The lowest BCUT2D eigenvalue weighted by Crippen LogP contribution is -2.21. The van der Waals surface area contributed by atoms with Gasteiger partial charge in [0.25, 0.3) is 0 Å². The Labute approximate surface area is 220 Å². The summed E-state index contributed by atoms with van der Waals surface area (Å²) >= 11 is 0. The van der Waals surface area contributed by atoms with Gasteiger partial charge in [-0.1, -0.05) is 55.5 Å². The van der Waals surface area contributed by atoms with Crippen molar-refractivity contribution in [1.82, 2.24) is 0 Å². The molecule has 0 aliphatic carbocycles. The second-order valence-electron chi connectivity index (χ2n) is 8.80. The van der Waals surface area contributed by atoms with Gasteiger partial charge in [-0.25, -0.2) is 4.79 Å². The number of benzene rings is 4. The first-order valence-corrected chi connectivity index (χ1v) is 12.3. The molecule has 0 radical (unpaired) electrons. The van der Waals surface area contributed by atoms with Crippen LogP contribution in [0.25, 0.3) is 10.8 Å². The van der Waals surface area contributed by atoms with Crippen LogP contribution in [0.2, 0.25) is 0 Å². The second kappa shape index (κ2) is 10.6. The largest absolute Gasteiger partial charge is 0.493 e. The third-order valence-corrected chi connectivity index (χ3v) is 6.39. The average Bonchev–Trinajstić information content (AvgIpc) is 2.94. The van der Waals surface area contributed by atoms with E-state index in [1.807, 2.05) is 61.5 Å². The average molecular weight is 507 g/mol. The number of carbonyl (C=O) groups excluding carboxylic acids is 1. The normalized spacial score (nSPS) is 14.3. The standard InChI is InChI=1S/C31H26N2O5/c1-3-15-36-26-14-11-20(16-28(26)35-2)29-24-13-12-21(17-27(24)38-30(33)25(29)18-32)37-31(34)23-10-6-8-19-7-4-5-9-22(19)23/h4-14,16-17,29H,3,15,33H2,1-2H3. The Morgan fingerprint density at radius 1 is 1.03 bits per heavy atom. The van der Waals surface area contributed by atoms with Crippen molar-refractivity contribution >= 4 is 16.7 Å². The van der Waals surface area contributed by atoms with Gasteiger partial charge in [-0.15, -0.1) is 0 Å². The molecule has 190 valence electrons. The highest BCUT2D eigenvalue weighted by Crippen LogP contribution is 2.45. The van der Waals surface area contributed by atoms with Crippen molar-refractivity contribution in [2.75, 3.05) is 13.7 Å². The van der Waals surface area contributed by atoms with Crippen LogP contribution in [0.15, 0.2) is 90.3 Å². The third kappa shape index (κ3) is 4.60. The quantitative estimate of drug-likeness (QED) is 0.239. The molecule has 0 amide bonds. The van der Waals surface area contributed by atoms with Crippen LogP contribution in [0.5, 0.6) is 23.0 Å². The van der Waals surface area contributed by atoms with Crippen LogP contribution < -0.4 is 24.7 Å². The number of rotatable bonds is 7. The molecule has 0 bridgehead atoms. The van der Waals surface area contributed by atoms with Gasteiger partial charge in [0, 0.05) is 11.6 Å². The summed E-state index contributed by atoms with van der Waals surface area (Å²) in [6.45, 7) is 2.59. The van der Waals surface area contributed by atoms with E-state index in [0.717, 1.165) is 22.8 Å². The molecule has 0 spiro atoms. The lowest BCUT2D eigenvalue weighted by Gasteiger charge is -2.27. The molecule has 0 saturated carbocycles. The van der Waals surface area contributed by atoms with Gasteiger partial charge in [-0.3, -0.25) is 0 Å². The minimum absolute atomic E-state index is 0.00666. The van der Waals surface area contributed by atoms with E-state index in [2.05, 4.69) is 6.07 Å². The molecule has 1 unspecified atom stereocenters. The summed E-state index contributed by atoms with van der Waals surface area (Å²) in [5.41, 5.74) is 8.42. The fraction of sp³-hybridized carbons (Fsp3) is 0.161. The van der Waals surface area contributed by atoms with Gasteiger partial charge >= 0.3 is 5.97 Å². The van der Waals surface area contributed by atoms with E-state index >= 15 is 0 Å². The number of nitrogens with two attached hydrogens (primary N) is 1. The summed E-state index contributed by atoms with van der Waals surface area (Å²) < 4.78 is 22.9. The van der Waals surface area contributed by atoms with E-state index in [0.29, 0.717) is 40.7 Å². The maximum absolute atomic E-state index is 13.1. The number of methoxy groups -OCH3 is 1. The van der Waals surface area contributed by atoms with Crippen molar-refractivity contribution in [2.24, 2.45) is 5.73 Å². The van der Waals surface area contributed by atoms with Gasteiger partial charge in [-0.2, -0.15) is 5.26 Å². The number of hydrogen-bond donors (Lipinski definition) is 1. The number of nitriles is 1. The molecular weight excluding hydrogens is 480 g/mol. The van der Waals surface area contributed by atoms with Crippen molar-refractivity contribution in [3.63, 3.8) is 0 Å². The zero-order chi connectivity index (χ0) is 26.6. The predicted octanol–water partition coefficient (Wildman–Crippen LogP) is 6.07. The van der Waals surface area contributed by atoms with Crippen LogP contribution in [-0.2, 0) is 0 Å². The van der Waals surface area contributed by atoms with E-state index in [1.165, 1.54) is 0 Å². The number of hydrogen-bond acceptors (Lipinski definition) is 7. The van der Waals surface area contributed by atoms with E-state index in [-0.39, 0.29) is 11.5 Å². The monoisotopic (exact) mass is 506 g/mol. The molecule has 0 saturated heterocycles. The number of nitrogens with zero attached hydrogens (tertiary/aromatic N) is 1. The first-order valence-electron chi connectivity index (χ1n) is 12.3. The van der Waals surface area contributed by atoms with Crippen LogP contribution in [-0.4, -0.2) is 19.7 Å². The maximum atomic E-state index is 13.1. The Balaban J connectivity index is 1.49. The molecule has 1 heterocycles. The fourth-order valence-electron chi connectivity index (χ4n) is 4.60. The highest BCUT2D eigenvalue weighted by Gasteiger charge is 2.32. The number of ether oxygens (including phenoxy) is 4. The summed E-state index contributed by atoms with van der Waals surface area (Å²) in [4.78, 5) is 13.1. The summed E-state index contributed by atoms with van der Waals surface area (Å²) in [6.07, 6.45) is 0.865. The van der Waals surface area contributed by atoms with E-state index < -0.39 is 11.9 Å². The molecule has 0 aromatic heterocycles. The molecule has 2 N–H and O–H groups in total. The Bertz CT molecular complexity index is 1600. The molecular formula is C31H26N2O5. The maximum Gasteiger partial charge on any atom is 0.344 e. The molecule has 7 heteroatoms. The van der Waals surface area contributed by atoms with Crippen molar-refractivity contribution < 1.29 is 23.7 Å². The smallest absolute Gasteiger partial charge is 0.344 e. The van der Waals surface area contributed by atoms with E-state index in [9.17, 15) is 10.1 Å². The number of allylic oxidation sites excluding steroid dienone is 1. The number of carbonyl (C=O) groups is 1. The van der Waals surface area contributed by atoms with Crippen molar-refractivity contribution in [3.05, 3.63) is 107 Å². The molecule has 38 heavy (non-hydrogen) atoms. The molecule has 0 fully saturated rings. The lowest BCUT2D eigenvalue weighted by molar-refractivity contribution is 0.0736. The minimum Gasteiger partial charge on any atom is -0.493 e. The fourth-order valence-corrected chi connectivity index (χ4v) is 4.60. The first-order chi connectivity index (χ1) is 18.5. The highest BCUT2D eigenvalue weighted by molar-refractivity contribution is 6.05. The summed E-state index contributed by atoms with van der Waals surface area (Å²) in [6, 6.07) is 25.9. The third-order valence-electron chi connectivity index (χ3n) is 6.39. The lowest BCUT2D eigenvalue weighted by atomic mass is 9.83. The summed E-state index contributed by atoms with van der Waals surface area (Å²) in [7, 11) is 1.57. The number of fused-ring (bicyclic) bond motifs is 2. The highest BCUT2D eigenvalue weighted by atomic mass is 16.5. The van der Waals surface area contributed by atoms with Crippen LogP contribution in [0.1, 0.15) is 40.7 Å². The molecule has 1 aliphatic rings. The Morgan fingerprint density at radius 2 is 1.84 bits per heavy atom. The van der Waals surface area contributed by atoms with Crippen LogP contribution in [0, 0.1) is 11.3 Å².